The van der Waals surface area contributed by atoms with Crippen LogP contribution in [-0.4, -0.2) is 34.3 Å². The lowest BCUT2D eigenvalue weighted by Gasteiger charge is -2.37. The molecule has 0 bridgehead atoms. The van der Waals surface area contributed by atoms with Gasteiger partial charge in [0.05, 0.1) is 12.3 Å². The van der Waals surface area contributed by atoms with Crippen molar-refractivity contribution < 1.29 is 8.42 Å². The van der Waals surface area contributed by atoms with Gasteiger partial charge < -0.3 is 0 Å². The number of nitrogens with zero attached hydrogens (tertiary/aromatic N) is 3. The van der Waals surface area contributed by atoms with Crippen molar-refractivity contribution in [3.63, 3.8) is 0 Å². The van der Waals surface area contributed by atoms with Crippen LogP contribution in [0.3, 0.4) is 0 Å². The van der Waals surface area contributed by atoms with Gasteiger partial charge in [-0.05, 0) is 30.4 Å². The fourth-order valence-electron chi connectivity index (χ4n) is 2.62. The molecule has 0 aromatic carbocycles. The van der Waals surface area contributed by atoms with Crippen LogP contribution in [0, 0.1) is 5.41 Å². The van der Waals surface area contributed by atoms with E-state index in [-0.39, 0.29) is 17.7 Å². The van der Waals surface area contributed by atoms with Crippen LogP contribution in [-0.2, 0) is 16.6 Å². The molecule has 0 unspecified atom stereocenters. The summed E-state index contributed by atoms with van der Waals surface area (Å²) in [7, 11) is -3.30. The predicted molar refractivity (Wildman–Crippen MR) is 82.2 cm³/mol. The Morgan fingerprint density at radius 2 is 2.05 bits per heavy atom. The third-order valence-electron chi connectivity index (χ3n) is 4.03. The summed E-state index contributed by atoms with van der Waals surface area (Å²) < 4.78 is 26.8. The maximum Gasteiger partial charge on any atom is 0.212 e. The maximum absolute atomic E-state index is 12.1. The van der Waals surface area contributed by atoms with Gasteiger partial charge in [-0.15, -0.1) is 0 Å². The van der Waals surface area contributed by atoms with Crippen molar-refractivity contribution in [2.45, 2.75) is 32.7 Å². The average molecular weight is 321 g/mol. The molecule has 2 N–H and O–H groups in total. The summed E-state index contributed by atoms with van der Waals surface area (Å²) in [5.41, 5.74) is 0.762. The van der Waals surface area contributed by atoms with Crippen molar-refractivity contribution in [2.24, 2.45) is 5.41 Å². The van der Waals surface area contributed by atoms with E-state index >= 15 is 0 Å². The molecule has 2 aromatic rings. The molecule has 7 nitrogen and oxygen atoms in total. The number of hydrogen-bond donors (Lipinski definition) is 2. The van der Waals surface area contributed by atoms with Crippen LogP contribution >= 0.6 is 0 Å². The molecule has 0 radical (unpaired) electrons. The summed E-state index contributed by atoms with van der Waals surface area (Å²) in [5, 5.41) is 6.85. The van der Waals surface area contributed by atoms with Crippen molar-refractivity contribution in [1.29, 1.82) is 0 Å². The van der Waals surface area contributed by atoms with Crippen LogP contribution in [0.15, 0.2) is 24.5 Å². The summed E-state index contributed by atoms with van der Waals surface area (Å²) >= 11 is 0. The largest absolute Gasteiger partial charge is 0.265 e. The smallest absolute Gasteiger partial charge is 0.212 e. The molecular formula is C14H19N5O2S. The Hall–Kier alpha value is -1.80. The third kappa shape index (κ3) is 3.50. The molecule has 0 spiro atoms. The topological polar surface area (TPSA) is 101 Å². The highest BCUT2D eigenvalue weighted by atomic mass is 32.2. The first kappa shape index (κ1) is 15.1. The van der Waals surface area contributed by atoms with E-state index in [9.17, 15) is 8.42 Å². The zero-order valence-corrected chi connectivity index (χ0v) is 13.2. The number of H-pyrrole nitrogens is 1. The van der Waals surface area contributed by atoms with Gasteiger partial charge in [-0.2, -0.15) is 5.10 Å². The van der Waals surface area contributed by atoms with Gasteiger partial charge in [0.15, 0.2) is 5.82 Å². The highest BCUT2D eigenvalue weighted by molar-refractivity contribution is 7.89. The minimum atomic E-state index is -3.30. The minimum Gasteiger partial charge on any atom is -0.265 e. The number of sulfonamides is 1. The third-order valence-corrected chi connectivity index (χ3v) is 5.69. The number of pyridine rings is 1. The van der Waals surface area contributed by atoms with E-state index in [1.807, 2.05) is 6.92 Å². The van der Waals surface area contributed by atoms with Gasteiger partial charge in [0, 0.05) is 18.0 Å². The SMILES string of the molecule is CC1(CS(=O)(=O)NCc2nc(-c3ccncc3)n[nH]2)CCC1. The number of hydrogen-bond acceptors (Lipinski definition) is 5. The van der Waals surface area contributed by atoms with E-state index in [1.165, 1.54) is 0 Å². The van der Waals surface area contributed by atoms with Crippen molar-refractivity contribution in [1.82, 2.24) is 24.9 Å². The molecule has 0 saturated heterocycles. The highest BCUT2D eigenvalue weighted by Crippen LogP contribution is 2.41. The monoisotopic (exact) mass is 321 g/mol. The molecule has 1 fully saturated rings. The molecule has 0 atom stereocenters. The Morgan fingerprint density at radius 1 is 1.32 bits per heavy atom. The molecule has 8 heteroatoms. The molecule has 0 aliphatic heterocycles. The lowest BCUT2D eigenvalue weighted by Crippen LogP contribution is -2.39. The molecule has 2 heterocycles. The standard InChI is InChI=1S/C14H19N5O2S/c1-14(5-2-6-14)10-22(20,21)16-9-12-17-13(19-18-12)11-3-7-15-8-4-11/h3-4,7-8,16H,2,5-6,9-10H2,1H3,(H,17,18,19). The lowest BCUT2D eigenvalue weighted by atomic mass is 9.72. The molecular weight excluding hydrogens is 302 g/mol. The lowest BCUT2D eigenvalue weighted by molar-refractivity contribution is 0.193. The molecule has 1 aliphatic rings. The zero-order chi connectivity index (χ0) is 15.6. The molecule has 118 valence electrons. The molecule has 1 aliphatic carbocycles. The molecule has 22 heavy (non-hydrogen) atoms. The van der Waals surface area contributed by atoms with Gasteiger partial charge in [0.2, 0.25) is 10.0 Å². The Labute approximate surface area is 129 Å². The Bertz CT molecular complexity index is 738. The van der Waals surface area contributed by atoms with Gasteiger partial charge in [-0.3, -0.25) is 10.1 Å². The van der Waals surface area contributed by atoms with E-state index in [1.54, 1.807) is 24.5 Å². The van der Waals surface area contributed by atoms with Gasteiger partial charge in [-0.25, -0.2) is 18.1 Å². The van der Waals surface area contributed by atoms with Crippen LogP contribution in [0.1, 0.15) is 32.0 Å². The normalized spacial score (nSPS) is 17.1. The fourth-order valence-corrected chi connectivity index (χ4v) is 4.28. The van der Waals surface area contributed by atoms with Crippen LogP contribution in [0.25, 0.3) is 11.4 Å². The molecule has 0 amide bonds. The van der Waals surface area contributed by atoms with Gasteiger partial charge >= 0.3 is 0 Å². The average Bonchev–Trinajstić information content (AvgIpc) is 2.93. The first-order valence-corrected chi connectivity index (χ1v) is 8.90. The van der Waals surface area contributed by atoms with Crippen LogP contribution in [0.5, 0.6) is 0 Å². The summed E-state index contributed by atoms with van der Waals surface area (Å²) in [6, 6.07) is 3.60. The number of aromatic nitrogens is 4. The first-order valence-electron chi connectivity index (χ1n) is 7.25. The second-order valence-electron chi connectivity index (χ2n) is 6.09. The summed E-state index contributed by atoms with van der Waals surface area (Å²) in [6.07, 6.45) is 6.38. The first-order chi connectivity index (χ1) is 10.5. The Morgan fingerprint density at radius 3 is 2.68 bits per heavy atom. The second kappa shape index (κ2) is 5.77. The van der Waals surface area contributed by atoms with Crippen LogP contribution in [0.4, 0.5) is 0 Å². The minimum absolute atomic E-state index is 0.0740. The molecule has 1 saturated carbocycles. The van der Waals surface area contributed by atoms with Crippen molar-refractivity contribution in [3.05, 3.63) is 30.4 Å². The summed E-state index contributed by atoms with van der Waals surface area (Å²) in [5.74, 6) is 1.20. The molecule has 3 rings (SSSR count). The maximum atomic E-state index is 12.1. The molecule has 2 aromatic heterocycles. The van der Waals surface area contributed by atoms with E-state index in [0.29, 0.717) is 11.6 Å². The predicted octanol–water partition coefficient (Wildman–Crippen LogP) is 1.48. The summed E-state index contributed by atoms with van der Waals surface area (Å²) in [6.45, 7) is 2.14. The fraction of sp³-hybridized carbons (Fsp3) is 0.500. The Balaban J connectivity index is 1.61. The van der Waals surface area contributed by atoms with Gasteiger partial charge in [0.25, 0.3) is 0 Å². The van der Waals surface area contributed by atoms with Crippen molar-refractivity contribution >= 4 is 10.0 Å². The quantitative estimate of drug-likeness (QED) is 0.839. The van der Waals surface area contributed by atoms with Crippen molar-refractivity contribution in [2.75, 3.05) is 5.75 Å². The number of rotatable bonds is 6. The van der Waals surface area contributed by atoms with Crippen LogP contribution in [0.2, 0.25) is 0 Å². The second-order valence-corrected chi connectivity index (χ2v) is 7.89. The Kier molecular flexibility index (Phi) is 3.96. The van der Waals surface area contributed by atoms with Gasteiger partial charge in [-0.1, -0.05) is 13.3 Å². The highest BCUT2D eigenvalue weighted by Gasteiger charge is 2.36. The van der Waals surface area contributed by atoms with E-state index in [2.05, 4.69) is 24.9 Å². The van der Waals surface area contributed by atoms with Crippen molar-refractivity contribution in [3.8, 4) is 11.4 Å². The number of aromatic amines is 1. The summed E-state index contributed by atoms with van der Waals surface area (Å²) in [4.78, 5) is 8.23. The van der Waals surface area contributed by atoms with E-state index < -0.39 is 10.0 Å². The van der Waals surface area contributed by atoms with Gasteiger partial charge in [0.1, 0.15) is 5.82 Å². The van der Waals surface area contributed by atoms with E-state index in [4.69, 9.17) is 0 Å². The zero-order valence-electron chi connectivity index (χ0n) is 12.4. The number of nitrogens with one attached hydrogen (secondary N) is 2. The van der Waals surface area contributed by atoms with E-state index in [0.717, 1.165) is 24.8 Å². The van der Waals surface area contributed by atoms with Crippen LogP contribution < -0.4 is 4.72 Å².